The fraction of sp³-hybridized carbons (Fsp3) is 0.611. The lowest BCUT2D eigenvalue weighted by atomic mass is 9.97. The highest BCUT2D eigenvalue weighted by molar-refractivity contribution is 5.27. The lowest BCUT2D eigenvalue weighted by Crippen LogP contribution is -2.45. The Kier molecular flexibility index (Phi) is 7.25. The smallest absolute Gasteiger partial charge is 0.119 e. The first-order chi connectivity index (χ1) is 9.99. The van der Waals surface area contributed by atoms with E-state index in [1.165, 1.54) is 5.56 Å². The van der Waals surface area contributed by atoms with Crippen LogP contribution in [0.4, 0.5) is 0 Å². The van der Waals surface area contributed by atoms with Crippen molar-refractivity contribution in [2.75, 3.05) is 6.61 Å². The van der Waals surface area contributed by atoms with Crippen LogP contribution >= 0.6 is 0 Å². The average Bonchev–Trinajstić information content (AvgIpc) is 2.45. The van der Waals surface area contributed by atoms with E-state index in [1.54, 1.807) is 0 Å². The molecule has 0 aromatic heterocycles. The number of nitriles is 1. The zero-order valence-corrected chi connectivity index (χ0v) is 13.8. The minimum Gasteiger partial charge on any atom is -0.494 e. The Morgan fingerprint density at radius 1 is 1.29 bits per heavy atom. The van der Waals surface area contributed by atoms with E-state index in [2.05, 4.69) is 44.3 Å². The molecule has 3 nitrogen and oxygen atoms in total. The van der Waals surface area contributed by atoms with E-state index in [0.717, 1.165) is 31.4 Å². The topological polar surface area (TPSA) is 45.0 Å². The van der Waals surface area contributed by atoms with Crippen molar-refractivity contribution >= 4 is 0 Å². The first-order valence-corrected chi connectivity index (χ1v) is 7.90. The second-order valence-corrected chi connectivity index (χ2v) is 6.09. The Labute approximate surface area is 129 Å². The van der Waals surface area contributed by atoms with E-state index in [1.807, 2.05) is 19.1 Å². The Morgan fingerprint density at radius 2 is 1.95 bits per heavy atom. The lowest BCUT2D eigenvalue weighted by Gasteiger charge is -2.25. The van der Waals surface area contributed by atoms with Crippen molar-refractivity contribution in [2.24, 2.45) is 0 Å². The molecule has 0 fully saturated rings. The highest BCUT2D eigenvalue weighted by Gasteiger charge is 2.23. The molecule has 0 saturated heterocycles. The summed E-state index contributed by atoms with van der Waals surface area (Å²) in [6, 6.07) is 11.0. The van der Waals surface area contributed by atoms with E-state index >= 15 is 0 Å². The fourth-order valence-corrected chi connectivity index (χ4v) is 2.45. The van der Waals surface area contributed by atoms with Crippen molar-refractivity contribution in [1.82, 2.24) is 5.32 Å². The molecular weight excluding hydrogens is 260 g/mol. The van der Waals surface area contributed by atoms with Crippen molar-refractivity contribution < 1.29 is 4.74 Å². The van der Waals surface area contributed by atoms with Crippen molar-refractivity contribution in [3.05, 3.63) is 29.8 Å². The predicted molar refractivity (Wildman–Crippen MR) is 87.5 cm³/mol. The first-order valence-electron chi connectivity index (χ1n) is 7.90. The summed E-state index contributed by atoms with van der Waals surface area (Å²) in [7, 11) is 0. The average molecular weight is 288 g/mol. The molecule has 1 N–H and O–H groups in total. The molecule has 0 heterocycles. The first kappa shape index (κ1) is 17.5. The van der Waals surface area contributed by atoms with Crippen molar-refractivity contribution in [3.63, 3.8) is 0 Å². The maximum absolute atomic E-state index is 9.28. The van der Waals surface area contributed by atoms with Crippen LogP contribution in [-0.4, -0.2) is 18.2 Å². The second-order valence-electron chi connectivity index (χ2n) is 6.09. The fourth-order valence-electron chi connectivity index (χ4n) is 2.45. The minimum absolute atomic E-state index is 0.307. The summed E-state index contributed by atoms with van der Waals surface area (Å²) in [5, 5.41) is 12.6. The zero-order valence-electron chi connectivity index (χ0n) is 13.8. The van der Waals surface area contributed by atoms with Crippen LogP contribution in [0.25, 0.3) is 0 Å². The summed E-state index contributed by atoms with van der Waals surface area (Å²) in [6.45, 7) is 8.90. The summed E-state index contributed by atoms with van der Waals surface area (Å²) in [5.41, 5.74) is 0.880. The monoisotopic (exact) mass is 288 g/mol. The highest BCUT2D eigenvalue weighted by Crippen LogP contribution is 2.16. The molecule has 21 heavy (non-hydrogen) atoms. The number of hydrogen-bond acceptors (Lipinski definition) is 3. The SMILES string of the molecule is CCCc1ccc(OCCCC(C)(C#N)NC(C)C)cc1. The van der Waals surface area contributed by atoms with Gasteiger partial charge in [-0.15, -0.1) is 0 Å². The largest absolute Gasteiger partial charge is 0.494 e. The predicted octanol–water partition coefficient (Wildman–Crippen LogP) is 4.08. The van der Waals surface area contributed by atoms with Gasteiger partial charge in [-0.25, -0.2) is 0 Å². The summed E-state index contributed by atoms with van der Waals surface area (Å²) in [4.78, 5) is 0. The van der Waals surface area contributed by atoms with Gasteiger partial charge >= 0.3 is 0 Å². The number of nitrogens with one attached hydrogen (secondary N) is 1. The van der Waals surface area contributed by atoms with Crippen LogP contribution in [0.2, 0.25) is 0 Å². The summed E-state index contributed by atoms with van der Waals surface area (Å²) in [5.74, 6) is 0.908. The molecule has 0 aliphatic carbocycles. The van der Waals surface area contributed by atoms with Crippen molar-refractivity contribution in [1.29, 1.82) is 5.26 Å². The molecule has 3 heteroatoms. The van der Waals surface area contributed by atoms with Gasteiger partial charge in [0.05, 0.1) is 12.7 Å². The molecule has 0 aliphatic rings. The van der Waals surface area contributed by atoms with Crippen molar-refractivity contribution in [3.8, 4) is 11.8 Å². The van der Waals surface area contributed by atoms with Crippen LogP contribution in [0.5, 0.6) is 5.75 Å². The number of rotatable bonds is 9. The van der Waals surface area contributed by atoms with Gasteiger partial charge in [-0.05, 0) is 57.7 Å². The minimum atomic E-state index is -0.470. The Balaban J connectivity index is 2.34. The van der Waals surface area contributed by atoms with E-state index in [-0.39, 0.29) is 0 Å². The van der Waals surface area contributed by atoms with Crippen LogP contribution in [0, 0.1) is 11.3 Å². The molecule has 1 aromatic carbocycles. The molecule has 116 valence electrons. The van der Waals surface area contributed by atoms with E-state index in [9.17, 15) is 5.26 Å². The second kappa shape index (κ2) is 8.69. The molecule has 0 saturated carbocycles. The van der Waals surface area contributed by atoms with Gasteiger partial charge in [0.2, 0.25) is 0 Å². The van der Waals surface area contributed by atoms with Gasteiger partial charge in [-0.3, -0.25) is 5.32 Å². The molecule has 1 rings (SSSR count). The quantitative estimate of drug-likeness (QED) is 0.696. The number of aryl methyl sites for hydroxylation is 1. The molecule has 1 atom stereocenters. The van der Waals surface area contributed by atoms with Gasteiger partial charge < -0.3 is 4.74 Å². The third-order valence-corrected chi connectivity index (χ3v) is 3.41. The molecule has 0 radical (unpaired) electrons. The number of benzene rings is 1. The molecule has 0 amide bonds. The normalized spacial score (nSPS) is 13.7. The van der Waals surface area contributed by atoms with Gasteiger partial charge in [-0.1, -0.05) is 25.5 Å². The van der Waals surface area contributed by atoms with Crippen LogP contribution in [0.15, 0.2) is 24.3 Å². The number of ether oxygens (including phenoxy) is 1. The van der Waals surface area contributed by atoms with Crippen LogP contribution in [0.3, 0.4) is 0 Å². The van der Waals surface area contributed by atoms with Crippen molar-refractivity contribution in [2.45, 2.75) is 65.0 Å². The molecule has 0 aliphatic heterocycles. The highest BCUT2D eigenvalue weighted by atomic mass is 16.5. The third-order valence-electron chi connectivity index (χ3n) is 3.41. The Hall–Kier alpha value is -1.53. The van der Waals surface area contributed by atoms with Gasteiger partial charge in [0.15, 0.2) is 0 Å². The van der Waals surface area contributed by atoms with E-state index in [4.69, 9.17) is 4.74 Å². The maximum atomic E-state index is 9.28. The molecule has 0 spiro atoms. The Bertz CT molecular complexity index is 447. The lowest BCUT2D eigenvalue weighted by molar-refractivity contribution is 0.280. The van der Waals surface area contributed by atoms with Gasteiger partial charge in [0.25, 0.3) is 0 Å². The Morgan fingerprint density at radius 3 is 2.48 bits per heavy atom. The number of nitrogens with zero attached hydrogens (tertiary/aromatic N) is 1. The third kappa shape index (κ3) is 6.64. The van der Waals surface area contributed by atoms with Crippen LogP contribution in [-0.2, 0) is 6.42 Å². The molecule has 1 unspecified atom stereocenters. The molecular formula is C18H28N2O. The van der Waals surface area contributed by atoms with E-state index < -0.39 is 5.54 Å². The van der Waals surface area contributed by atoms with Gasteiger partial charge in [0.1, 0.15) is 11.3 Å². The molecule has 1 aromatic rings. The summed E-state index contributed by atoms with van der Waals surface area (Å²) >= 11 is 0. The number of hydrogen-bond donors (Lipinski definition) is 1. The van der Waals surface area contributed by atoms with Crippen LogP contribution in [0.1, 0.15) is 52.5 Å². The summed E-state index contributed by atoms with van der Waals surface area (Å²) < 4.78 is 5.75. The zero-order chi connectivity index (χ0) is 15.7. The summed E-state index contributed by atoms with van der Waals surface area (Å²) in [6.07, 6.45) is 3.92. The van der Waals surface area contributed by atoms with Gasteiger partial charge in [0, 0.05) is 6.04 Å². The standard InChI is InChI=1S/C18H28N2O/c1-5-7-16-8-10-17(11-9-16)21-13-6-12-18(4,14-19)20-15(2)3/h8-11,15,20H,5-7,12-13H2,1-4H3. The molecule has 0 bridgehead atoms. The van der Waals surface area contributed by atoms with Crippen LogP contribution < -0.4 is 10.1 Å². The van der Waals surface area contributed by atoms with Gasteiger partial charge in [-0.2, -0.15) is 5.26 Å². The maximum Gasteiger partial charge on any atom is 0.119 e. The van der Waals surface area contributed by atoms with E-state index in [0.29, 0.717) is 12.6 Å².